The van der Waals surface area contributed by atoms with Gasteiger partial charge in [0.1, 0.15) is 0 Å². The van der Waals surface area contributed by atoms with E-state index >= 15 is 0 Å². The first-order chi connectivity index (χ1) is 8.61. The molecule has 0 saturated carbocycles. The second-order valence-corrected chi connectivity index (χ2v) is 5.76. The van der Waals surface area contributed by atoms with Crippen LogP contribution in [0.15, 0.2) is 23.1 Å². The maximum Gasteiger partial charge on any atom is 0.255 e. The molecule has 0 unspecified atom stereocenters. The number of carbonyl (C=O) groups excluding carboxylic acids is 1. The summed E-state index contributed by atoms with van der Waals surface area (Å²) >= 11 is 7.72. The average molecular weight is 321 g/mol. The van der Waals surface area contributed by atoms with Crippen LogP contribution in [0.25, 0.3) is 0 Å². The second-order valence-electron chi connectivity index (χ2n) is 4.48. The molecule has 6 heteroatoms. The molecule has 1 aromatic rings. The first kappa shape index (κ1) is 16.6. The molecule has 1 aliphatic rings. The van der Waals surface area contributed by atoms with Crippen molar-refractivity contribution in [1.29, 1.82) is 0 Å². The minimum Gasteiger partial charge on any atom is -0.338 e. The molecule has 0 bridgehead atoms. The van der Waals surface area contributed by atoms with E-state index in [-0.39, 0.29) is 24.4 Å². The van der Waals surface area contributed by atoms with Gasteiger partial charge in [0, 0.05) is 24.0 Å². The minimum absolute atomic E-state index is 0. The lowest BCUT2D eigenvalue weighted by Gasteiger charge is -2.30. The molecular formula is C13H18Cl2N2OS. The number of hydrogen-bond donors (Lipinski definition) is 1. The standard InChI is InChI=1S/C13H17ClN2OS.ClH/c1-18-10-2-3-12(14)11(8-10)13(17)16-6-4-9(15)5-7-16;/h2-3,8-9H,4-7,15H2,1H3;1H. The van der Waals surface area contributed by atoms with Crippen LogP contribution in [0, 0.1) is 0 Å². The number of piperidine rings is 1. The highest BCUT2D eigenvalue weighted by molar-refractivity contribution is 7.98. The minimum atomic E-state index is 0. The highest BCUT2D eigenvalue weighted by Gasteiger charge is 2.23. The van der Waals surface area contributed by atoms with E-state index in [9.17, 15) is 4.79 Å². The van der Waals surface area contributed by atoms with Crippen molar-refractivity contribution < 1.29 is 4.79 Å². The van der Waals surface area contributed by atoms with Gasteiger partial charge >= 0.3 is 0 Å². The van der Waals surface area contributed by atoms with Crippen LogP contribution in [-0.4, -0.2) is 36.2 Å². The molecule has 1 amide bonds. The quantitative estimate of drug-likeness (QED) is 0.852. The first-order valence-electron chi connectivity index (χ1n) is 6.00. The topological polar surface area (TPSA) is 46.3 Å². The van der Waals surface area contributed by atoms with Crippen molar-refractivity contribution >= 4 is 41.7 Å². The van der Waals surface area contributed by atoms with E-state index in [1.807, 2.05) is 23.3 Å². The Morgan fingerprint density at radius 1 is 1.42 bits per heavy atom. The van der Waals surface area contributed by atoms with Crippen molar-refractivity contribution in [2.24, 2.45) is 5.73 Å². The van der Waals surface area contributed by atoms with Crippen molar-refractivity contribution in [3.05, 3.63) is 28.8 Å². The van der Waals surface area contributed by atoms with Crippen LogP contribution in [0.3, 0.4) is 0 Å². The van der Waals surface area contributed by atoms with Gasteiger partial charge in [-0.05, 0) is 37.3 Å². The molecule has 0 spiro atoms. The fourth-order valence-corrected chi connectivity index (χ4v) is 2.71. The van der Waals surface area contributed by atoms with Crippen molar-refractivity contribution in [3.8, 4) is 0 Å². The molecule has 1 aromatic carbocycles. The molecule has 3 nitrogen and oxygen atoms in total. The van der Waals surface area contributed by atoms with Gasteiger partial charge in [0.25, 0.3) is 5.91 Å². The number of hydrogen-bond acceptors (Lipinski definition) is 3. The lowest BCUT2D eigenvalue weighted by molar-refractivity contribution is 0.0714. The fourth-order valence-electron chi connectivity index (χ4n) is 2.07. The van der Waals surface area contributed by atoms with E-state index in [1.54, 1.807) is 17.8 Å². The predicted octanol–water partition coefficient (Wildman–Crippen LogP) is 3.05. The van der Waals surface area contributed by atoms with E-state index in [4.69, 9.17) is 17.3 Å². The number of halogens is 2. The third kappa shape index (κ3) is 4.02. The van der Waals surface area contributed by atoms with Gasteiger partial charge in [0.15, 0.2) is 0 Å². The summed E-state index contributed by atoms with van der Waals surface area (Å²) < 4.78 is 0. The highest BCUT2D eigenvalue weighted by atomic mass is 35.5. The zero-order valence-electron chi connectivity index (χ0n) is 10.8. The van der Waals surface area contributed by atoms with Gasteiger partial charge < -0.3 is 10.6 Å². The summed E-state index contributed by atoms with van der Waals surface area (Å²) in [6, 6.07) is 5.80. The average Bonchev–Trinajstić information content (AvgIpc) is 2.39. The van der Waals surface area contributed by atoms with Gasteiger partial charge in [-0.15, -0.1) is 24.2 Å². The van der Waals surface area contributed by atoms with Crippen LogP contribution in [0.1, 0.15) is 23.2 Å². The van der Waals surface area contributed by atoms with Crippen LogP contribution in [0.5, 0.6) is 0 Å². The summed E-state index contributed by atoms with van der Waals surface area (Å²) in [5.41, 5.74) is 6.44. The summed E-state index contributed by atoms with van der Waals surface area (Å²) in [4.78, 5) is 15.3. The summed E-state index contributed by atoms with van der Waals surface area (Å²) in [5, 5.41) is 0.521. The Balaban J connectivity index is 0.00000180. The molecule has 1 aliphatic heterocycles. The molecule has 1 heterocycles. The molecule has 0 atom stereocenters. The Labute approximate surface area is 129 Å². The van der Waals surface area contributed by atoms with E-state index in [2.05, 4.69) is 0 Å². The maximum absolute atomic E-state index is 12.4. The zero-order valence-corrected chi connectivity index (χ0v) is 13.2. The van der Waals surface area contributed by atoms with Crippen LogP contribution in [-0.2, 0) is 0 Å². The summed E-state index contributed by atoms with van der Waals surface area (Å²) in [6.07, 6.45) is 3.72. The number of benzene rings is 1. The summed E-state index contributed by atoms with van der Waals surface area (Å²) in [6.45, 7) is 1.44. The monoisotopic (exact) mass is 320 g/mol. The Morgan fingerprint density at radius 2 is 2.05 bits per heavy atom. The van der Waals surface area contributed by atoms with Gasteiger partial charge in [-0.2, -0.15) is 0 Å². The first-order valence-corrected chi connectivity index (χ1v) is 7.60. The number of thioether (sulfide) groups is 1. The molecule has 2 N–H and O–H groups in total. The normalized spacial score (nSPS) is 16.1. The molecule has 0 aromatic heterocycles. The number of carbonyl (C=O) groups is 1. The van der Waals surface area contributed by atoms with Crippen molar-refractivity contribution in [2.75, 3.05) is 19.3 Å². The van der Waals surface area contributed by atoms with Gasteiger partial charge in [0.2, 0.25) is 0 Å². The molecule has 0 radical (unpaired) electrons. The smallest absolute Gasteiger partial charge is 0.255 e. The largest absolute Gasteiger partial charge is 0.338 e. The van der Waals surface area contributed by atoms with Gasteiger partial charge in [-0.1, -0.05) is 11.6 Å². The van der Waals surface area contributed by atoms with E-state index in [0.29, 0.717) is 10.6 Å². The maximum atomic E-state index is 12.4. The fraction of sp³-hybridized carbons (Fsp3) is 0.462. The third-order valence-corrected chi connectivity index (χ3v) is 4.29. The van der Waals surface area contributed by atoms with E-state index in [0.717, 1.165) is 30.8 Å². The van der Waals surface area contributed by atoms with E-state index < -0.39 is 0 Å². The number of nitrogens with two attached hydrogens (primary N) is 1. The SMILES string of the molecule is CSc1ccc(Cl)c(C(=O)N2CCC(N)CC2)c1.Cl. The number of likely N-dealkylation sites (tertiary alicyclic amines) is 1. The molecular weight excluding hydrogens is 303 g/mol. The van der Waals surface area contributed by atoms with Crippen molar-refractivity contribution in [2.45, 2.75) is 23.8 Å². The Kier molecular flexibility index (Phi) is 6.47. The van der Waals surface area contributed by atoms with Crippen LogP contribution >= 0.6 is 35.8 Å². The van der Waals surface area contributed by atoms with Crippen molar-refractivity contribution in [1.82, 2.24) is 4.90 Å². The van der Waals surface area contributed by atoms with Gasteiger partial charge in [-0.3, -0.25) is 4.79 Å². The summed E-state index contributed by atoms with van der Waals surface area (Å²) in [5.74, 6) is 0.0165. The lowest BCUT2D eigenvalue weighted by Crippen LogP contribution is -2.42. The van der Waals surface area contributed by atoms with Crippen LogP contribution in [0.2, 0.25) is 5.02 Å². The van der Waals surface area contributed by atoms with Crippen LogP contribution < -0.4 is 5.73 Å². The second kappa shape index (κ2) is 7.39. The van der Waals surface area contributed by atoms with Crippen molar-refractivity contribution in [3.63, 3.8) is 0 Å². The van der Waals surface area contributed by atoms with Gasteiger partial charge in [-0.25, -0.2) is 0 Å². The predicted molar refractivity (Wildman–Crippen MR) is 83.6 cm³/mol. The number of nitrogens with zero attached hydrogens (tertiary/aromatic N) is 1. The zero-order chi connectivity index (χ0) is 13.1. The molecule has 1 fully saturated rings. The molecule has 0 aliphatic carbocycles. The molecule has 2 rings (SSSR count). The summed E-state index contributed by atoms with van der Waals surface area (Å²) in [7, 11) is 0. The van der Waals surface area contributed by atoms with Crippen LogP contribution in [0.4, 0.5) is 0 Å². The Morgan fingerprint density at radius 3 is 2.63 bits per heavy atom. The van der Waals surface area contributed by atoms with E-state index in [1.165, 1.54) is 0 Å². The lowest BCUT2D eigenvalue weighted by atomic mass is 10.0. The highest BCUT2D eigenvalue weighted by Crippen LogP contribution is 2.25. The number of amides is 1. The molecule has 106 valence electrons. The van der Waals surface area contributed by atoms with Gasteiger partial charge in [0.05, 0.1) is 10.6 Å². The third-order valence-electron chi connectivity index (χ3n) is 3.23. The number of rotatable bonds is 2. The Bertz CT molecular complexity index is 448. The molecule has 19 heavy (non-hydrogen) atoms. The molecule has 1 saturated heterocycles. The Hall–Kier alpha value is -0.420.